The van der Waals surface area contributed by atoms with Gasteiger partial charge in [0.05, 0.1) is 0 Å². The maximum Gasteiger partial charge on any atom is 0.251 e. The van der Waals surface area contributed by atoms with Crippen molar-refractivity contribution in [2.45, 2.75) is 36.6 Å². The molecule has 0 radical (unpaired) electrons. The topological polar surface area (TPSA) is 32.3 Å². The van der Waals surface area contributed by atoms with E-state index in [0.29, 0.717) is 12.1 Å². The summed E-state index contributed by atoms with van der Waals surface area (Å²) in [6.45, 7) is 0.656. The normalized spacial score (nSPS) is 23.5. The van der Waals surface area contributed by atoms with Crippen LogP contribution in [0.5, 0.6) is 0 Å². The molecule has 4 rings (SSSR count). The van der Waals surface area contributed by atoms with Crippen molar-refractivity contribution in [2.75, 3.05) is 20.6 Å². The Morgan fingerprint density at radius 3 is 1.74 bits per heavy atom. The van der Waals surface area contributed by atoms with E-state index in [2.05, 4.69) is 85.0 Å². The highest BCUT2D eigenvalue weighted by Gasteiger charge is 2.45. The molecule has 3 nitrogen and oxygen atoms in total. The van der Waals surface area contributed by atoms with Crippen LogP contribution in [0.25, 0.3) is 0 Å². The average molecular weight is 413 g/mol. The zero-order valence-electron chi connectivity index (χ0n) is 18.6. The molecule has 3 aromatic rings. The fraction of sp³-hybridized carbons (Fsp3) is 0.321. The summed E-state index contributed by atoms with van der Waals surface area (Å²) in [5.41, 5.74) is 3.40. The number of benzene rings is 3. The summed E-state index contributed by atoms with van der Waals surface area (Å²) < 4.78 is 0. The van der Waals surface area contributed by atoms with E-state index in [1.807, 2.05) is 30.3 Å². The average Bonchev–Trinajstić information content (AvgIpc) is 2.84. The Hall–Kier alpha value is -2.91. The first-order valence-electron chi connectivity index (χ1n) is 11.2. The zero-order valence-corrected chi connectivity index (χ0v) is 18.6. The number of rotatable bonds is 6. The van der Waals surface area contributed by atoms with Gasteiger partial charge >= 0.3 is 0 Å². The van der Waals surface area contributed by atoms with Gasteiger partial charge in [-0.25, -0.2) is 0 Å². The van der Waals surface area contributed by atoms with Crippen molar-refractivity contribution in [1.82, 2.24) is 10.2 Å². The van der Waals surface area contributed by atoms with E-state index < -0.39 is 0 Å². The Balaban J connectivity index is 1.59. The van der Waals surface area contributed by atoms with E-state index in [-0.39, 0.29) is 16.9 Å². The second kappa shape index (κ2) is 9.07. The molecule has 160 valence electrons. The lowest BCUT2D eigenvalue weighted by atomic mass is 9.62. The molecule has 0 saturated heterocycles. The van der Waals surface area contributed by atoms with Crippen LogP contribution in [0.3, 0.4) is 0 Å². The molecule has 0 spiro atoms. The molecule has 0 atom stereocenters. The fourth-order valence-corrected chi connectivity index (χ4v) is 5.18. The van der Waals surface area contributed by atoms with E-state index in [0.717, 1.165) is 25.7 Å². The van der Waals surface area contributed by atoms with Crippen LogP contribution in [0.2, 0.25) is 0 Å². The van der Waals surface area contributed by atoms with Crippen molar-refractivity contribution in [3.8, 4) is 0 Å². The molecule has 3 aromatic carbocycles. The van der Waals surface area contributed by atoms with E-state index in [1.165, 1.54) is 11.1 Å². The van der Waals surface area contributed by atoms with Crippen molar-refractivity contribution >= 4 is 5.91 Å². The number of amides is 1. The smallest absolute Gasteiger partial charge is 0.251 e. The summed E-state index contributed by atoms with van der Waals surface area (Å²) in [6.07, 6.45) is 4.17. The van der Waals surface area contributed by atoms with Gasteiger partial charge in [0, 0.05) is 23.1 Å². The van der Waals surface area contributed by atoms with Crippen LogP contribution >= 0.6 is 0 Å². The van der Waals surface area contributed by atoms with Crippen LogP contribution < -0.4 is 5.32 Å². The molecule has 1 N–H and O–H groups in total. The van der Waals surface area contributed by atoms with Gasteiger partial charge in [0.1, 0.15) is 0 Å². The van der Waals surface area contributed by atoms with Gasteiger partial charge in [-0.1, -0.05) is 78.9 Å². The number of nitrogens with one attached hydrogen (secondary N) is 1. The van der Waals surface area contributed by atoms with Gasteiger partial charge in [-0.05, 0) is 63.0 Å². The molecule has 1 aliphatic rings. The van der Waals surface area contributed by atoms with Gasteiger partial charge in [-0.15, -0.1) is 0 Å². The van der Waals surface area contributed by atoms with E-state index in [1.54, 1.807) is 0 Å². The minimum atomic E-state index is -0.0556. The minimum absolute atomic E-state index is 0.00316. The summed E-state index contributed by atoms with van der Waals surface area (Å²) in [5, 5.41) is 3.25. The predicted molar refractivity (Wildman–Crippen MR) is 127 cm³/mol. The van der Waals surface area contributed by atoms with Gasteiger partial charge in [-0.2, -0.15) is 0 Å². The third kappa shape index (κ3) is 4.28. The predicted octanol–water partition coefficient (Wildman–Crippen LogP) is 5.39. The number of carbonyl (C=O) groups excluding carboxylic acids is 1. The largest absolute Gasteiger partial charge is 0.351 e. The van der Waals surface area contributed by atoms with Crippen molar-refractivity contribution in [3.05, 3.63) is 108 Å². The summed E-state index contributed by atoms with van der Waals surface area (Å²) in [5.74, 6) is 0.00316. The Labute approximate surface area is 186 Å². The molecule has 1 aliphatic carbocycles. The van der Waals surface area contributed by atoms with Crippen molar-refractivity contribution < 1.29 is 4.79 Å². The lowest BCUT2D eigenvalue weighted by molar-refractivity contribution is 0.0624. The lowest BCUT2D eigenvalue weighted by Crippen LogP contribution is -2.51. The summed E-state index contributed by atoms with van der Waals surface area (Å²) >= 11 is 0. The molecule has 1 fully saturated rings. The highest BCUT2D eigenvalue weighted by molar-refractivity contribution is 5.94. The molecule has 1 amide bonds. The number of hydrogen-bond acceptors (Lipinski definition) is 2. The molecular weight excluding hydrogens is 380 g/mol. The van der Waals surface area contributed by atoms with Crippen LogP contribution in [0.4, 0.5) is 0 Å². The maximum atomic E-state index is 12.8. The molecule has 0 heterocycles. The van der Waals surface area contributed by atoms with E-state index >= 15 is 0 Å². The first kappa shape index (κ1) is 21.3. The van der Waals surface area contributed by atoms with Crippen molar-refractivity contribution in [3.63, 3.8) is 0 Å². The maximum absolute atomic E-state index is 12.8. The Morgan fingerprint density at radius 2 is 1.23 bits per heavy atom. The molecule has 0 bridgehead atoms. The Bertz CT molecular complexity index is 975. The van der Waals surface area contributed by atoms with E-state index in [4.69, 9.17) is 0 Å². The standard InChI is InChI=1S/C28H32N2O/c1-30(2)28(25-16-10-5-11-17-25)20-18-27(19-21-28,24-14-8-4-9-15-24)22-29-26(31)23-12-6-3-7-13-23/h3-17H,18-22H2,1-2H3,(H,29,31). The van der Waals surface area contributed by atoms with Crippen LogP contribution in [-0.4, -0.2) is 31.4 Å². The molecule has 1 saturated carbocycles. The number of hydrogen-bond donors (Lipinski definition) is 1. The van der Waals surface area contributed by atoms with Crippen LogP contribution in [0.15, 0.2) is 91.0 Å². The minimum Gasteiger partial charge on any atom is -0.351 e. The highest BCUT2D eigenvalue weighted by atomic mass is 16.1. The third-order valence-electron chi connectivity index (χ3n) is 7.21. The quantitative estimate of drug-likeness (QED) is 0.589. The summed E-state index contributed by atoms with van der Waals surface area (Å²) in [6, 6.07) is 31.1. The van der Waals surface area contributed by atoms with Gasteiger partial charge in [-0.3, -0.25) is 9.69 Å². The second-order valence-electron chi connectivity index (χ2n) is 8.99. The molecule has 31 heavy (non-hydrogen) atoms. The van der Waals surface area contributed by atoms with Crippen molar-refractivity contribution in [2.24, 2.45) is 0 Å². The van der Waals surface area contributed by atoms with Crippen LogP contribution in [0.1, 0.15) is 47.2 Å². The monoisotopic (exact) mass is 412 g/mol. The summed E-state index contributed by atoms with van der Waals surface area (Å²) in [7, 11) is 4.39. The zero-order chi connectivity index (χ0) is 21.7. The van der Waals surface area contributed by atoms with Gasteiger partial charge in [0.25, 0.3) is 5.91 Å². The van der Waals surface area contributed by atoms with Gasteiger partial charge in [0.2, 0.25) is 0 Å². The van der Waals surface area contributed by atoms with Gasteiger partial charge in [0.15, 0.2) is 0 Å². The van der Waals surface area contributed by atoms with Crippen molar-refractivity contribution in [1.29, 1.82) is 0 Å². The van der Waals surface area contributed by atoms with Crippen LogP contribution in [0, 0.1) is 0 Å². The Kier molecular flexibility index (Phi) is 6.24. The molecule has 0 unspecified atom stereocenters. The van der Waals surface area contributed by atoms with E-state index in [9.17, 15) is 4.79 Å². The fourth-order valence-electron chi connectivity index (χ4n) is 5.18. The second-order valence-corrected chi connectivity index (χ2v) is 8.99. The number of carbonyl (C=O) groups is 1. The molecule has 0 aliphatic heterocycles. The molecule has 0 aromatic heterocycles. The SMILES string of the molecule is CN(C)C1(c2ccccc2)CCC(CNC(=O)c2ccccc2)(c2ccccc2)CC1. The first-order valence-corrected chi connectivity index (χ1v) is 11.2. The molecular formula is C28H32N2O. The summed E-state index contributed by atoms with van der Waals surface area (Å²) in [4.78, 5) is 15.2. The van der Waals surface area contributed by atoms with Gasteiger partial charge < -0.3 is 5.32 Å². The Morgan fingerprint density at radius 1 is 0.742 bits per heavy atom. The first-order chi connectivity index (χ1) is 15.1. The third-order valence-corrected chi connectivity index (χ3v) is 7.21. The highest BCUT2D eigenvalue weighted by Crippen LogP contribution is 2.49. The lowest BCUT2D eigenvalue weighted by Gasteiger charge is -2.50. The molecule has 3 heteroatoms. The van der Waals surface area contributed by atoms with Crippen LogP contribution in [-0.2, 0) is 11.0 Å². The number of nitrogens with zero attached hydrogens (tertiary/aromatic N) is 1.